The number of allylic oxidation sites excluding steroid dienone is 1. The van der Waals surface area contributed by atoms with Gasteiger partial charge in [0, 0.05) is 23.4 Å². The number of aromatic amines is 1. The van der Waals surface area contributed by atoms with E-state index in [-0.39, 0.29) is 0 Å². The molecule has 0 saturated carbocycles. The average molecular weight is 298 g/mol. The highest BCUT2D eigenvalue weighted by Gasteiger charge is 2.17. The van der Waals surface area contributed by atoms with E-state index >= 15 is 0 Å². The maximum atomic E-state index is 11.8. The molecule has 0 aromatic carbocycles. The summed E-state index contributed by atoms with van der Waals surface area (Å²) in [6.45, 7) is 6.17. The molecule has 2 aromatic heterocycles. The lowest BCUT2D eigenvalue weighted by Gasteiger charge is -2.19. The topological polar surface area (TPSA) is 79.4 Å². The number of hydrogen-bond acceptors (Lipinski definition) is 4. The Morgan fingerprint density at radius 3 is 2.91 bits per heavy atom. The maximum absolute atomic E-state index is 11.8. The molecule has 0 unspecified atom stereocenters. The van der Waals surface area contributed by atoms with Gasteiger partial charge in [-0.25, -0.2) is 9.78 Å². The molecule has 0 fully saturated rings. The molecule has 0 spiro atoms. The van der Waals surface area contributed by atoms with Gasteiger partial charge in [-0.3, -0.25) is 10.3 Å². The van der Waals surface area contributed by atoms with Gasteiger partial charge in [0.2, 0.25) is 0 Å². The van der Waals surface area contributed by atoms with E-state index < -0.39 is 11.7 Å². The third kappa shape index (κ3) is 3.00. The lowest BCUT2D eigenvalue weighted by atomic mass is 10.1. The zero-order valence-electron chi connectivity index (χ0n) is 12.8. The molecule has 3 rings (SSSR count). The molecule has 0 atom stereocenters. The van der Waals surface area contributed by atoms with E-state index in [0.717, 1.165) is 22.2 Å². The molecule has 0 saturated heterocycles. The number of fused-ring (bicyclic) bond motifs is 1. The summed E-state index contributed by atoms with van der Waals surface area (Å²) in [7, 11) is 0. The van der Waals surface area contributed by atoms with Crippen LogP contribution in [0.15, 0.2) is 29.5 Å². The SMILES string of the molecule is CC(C)(C)OC(=O)Nc1cnc2[nH]cc(C3=CCN=C3)c2c1. The molecule has 114 valence electrons. The minimum Gasteiger partial charge on any atom is -0.444 e. The number of H-pyrrole nitrogens is 1. The highest BCUT2D eigenvalue weighted by atomic mass is 16.6. The van der Waals surface area contributed by atoms with E-state index in [1.165, 1.54) is 0 Å². The van der Waals surface area contributed by atoms with Crippen molar-refractivity contribution < 1.29 is 9.53 Å². The summed E-state index contributed by atoms with van der Waals surface area (Å²) in [4.78, 5) is 23.5. The third-order valence-corrected chi connectivity index (χ3v) is 3.13. The number of rotatable bonds is 2. The Hall–Kier alpha value is -2.63. The summed E-state index contributed by atoms with van der Waals surface area (Å²) in [6, 6.07) is 1.88. The molecule has 0 radical (unpaired) electrons. The van der Waals surface area contributed by atoms with Crippen molar-refractivity contribution in [3.63, 3.8) is 0 Å². The molecule has 3 heterocycles. The van der Waals surface area contributed by atoms with Crippen LogP contribution in [0.2, 0.25) is 0 Å². The van der Waals surface area contributed by atoms with Gasteiger partial charge in [-0.2, -0.15) is 0 Å². The first-order chi connectivity index (χ1) is 10.4. The van der Waals surface area contributed by atoms with Crippen LogP contribution in [0.1, 0.15) is 26.3 Å². The predicted molar refractivity (Wildman–Crippen MR) is 87.3 cm³/mol. The van der Waals surface area contributed by atoms with Gasteiger partial charge in [0.1, 0.15) is 11.2 Å². The molecule has 1 aliphatic rings. The Bertz CT molecular complexity index is 781. The number of hydrogen-bond donors (Lipinski definition) is 2. The minimum absolute atomic E-state index is 0.493. The number of amides is 1. The van der Waals surface area contributed by atoms with Crippen molar-refractivity contribution in [2.45, 2.75) is 26.4 Å². The van der Waals surface area contributed by atoms with Crippen LogP contribution in [0.25, 0.3) is 16.6 Å². The molecule has 1 aliphatic heterocycles. The van der Waals surface area contributed by atoms with Crippen molar-refractivity contribution in [1.29, 1.82) is 0 Å². The van der Waals surface area contributed by atoms with Gasteiger partial charge < -0.3 is 9.72 Å². The van der Waals surface area contributed by atoms with Crippen LogP contribution < -0.4 is 5.32 Å². The van der Waals surface area contributed by atoms with Gasteiger partial charge in [0.25, 0.3) is 0 Å². The Morgan fingerprint density at radius 2 is 2.23 bits per heavy atom. The Labute approximate surface area is 128 Å². The van der Waals surface area contributed by atoms with Gasteiger partial charge >= 0.3 is 6.09 Å². The fourth-order valence-corrected chi connectivity index (χ4v) is 2.27. The number of aliphatic imine (C=N–C) groups is 1. The van der Waals surface area contributed by atoms with Gasteiger partial charge in [-0.15, -0.1) is 0 Å². The van der Waals surface area contributed by atoms with E-state index in [0.29, 0.717) is 12.2 Å². The van der Waals surface area contributed by atoms with Gasteiger partial charge in [-0.05, 0) is 32.4 Å². The highest BCUT2D eigenvalue weighted by molar-refractivity contribution is 6.16. The maximum Gasteiger partial charge on any atom is 0.412 e. The summed E-state index contributed by atoms with van der Waals surface area (Å²) in [5.74, 6) is 0. The molecule has 0 bridgehead atoms. The fraction of sp³-hybridized carbons (Fsp3) is 0.312. The van der Waals surface area contributed by atoms with Crippen molar-refractivity contribution in [2.24, 2.45) is 4.99 Å². The van der Waals surface area contributed by atoms with Crippen LogP contribution in [0.4, 0.5) is 10.5 Å². The second kappa shape index (κ2) is 5.29. The van der Waals surface area contributed by atoms with Crippen LogP contribution in [0.3, 0.4) is 0 Å². The van der Waals surface area contributed by atoms with Crippen LogP contribution in [0, 0.1) is 0 Å². The number of aromatic nitrogens is 2. The molecule has 22 heavy (non-hydrogen) atoms. The third-order valence-electron chi connectivity index (χ3n) is 3.13. The first-order valence-electron chi connectivity index (χ1n) is 7.10. The van der Waals surface area contributed by atoms with E-state index in [4.69, 9.17) is 4.74 Å². The van der Waals surface area contributed by atoms with Crippen LogP contribution in [-0.2, 0) is 4.74 Å². The second-order valence-electron chi connectivity index (χ2n) is 6.10. The first kappa shape index (κ1) is 14.3. The van der Waals surface area contributed by atoms with Crippen LogP contribution in [0.5, 0.6) is 0 Å². The lowest BCUT2D eigenvalue weighted by molar-refractivity contribution is 0.0636. The number of anilines is 1. The molecule has 6 heteroatoms. The molecule has 1 amide bonds. The minimum atomic E-state index is -0.536. The molecule has 0 aliphatic carbocycles. The van der Waals surface area contributed by atoms with Crippen LogP contribution in [-0.4, -0.2) is 34.4 Å². The van der Waals surface area contributed by atoms with Crippen molar-refractivity contribution in [1.82, 2.24) is 9.97 Å². The number of carbonyl (C=O) groups excluding carboxylic acids is 1. The smallest absolute Gasteiger partial charge is 0.412 e. The van der Waals surface area contributed by atoms with Gasteiger partial charge in [0.05, 0.1) is 18.4 Å². The van der Waals surface area contributed by atoms with E-state index in [9.17, 15) is 4.79 Å². The molecular weight excluding hydrogens is 280 g/mol. The lowest BCUT2D eigenvalue weighted by Crippen LogP contribution is -2.27. The van der Waals surface area contributed by atoms with Crippen molar-refractivity contribution >= 4 is 34.6 Å². The number of nitrogens with one attached hydrogen (secondary N) is 2. The number of carbonyl (C=O) groups is 1. The first-order valence-corrected chi connectivity index (χ1v) is 7.10. The van der Waals surface area contributed by atoms with Crippen molar-refractivity contribution in [3.05, 3.63) is 30.1 Å². The van der Waals surface area contributed by atoms with E-state index in [2.05, 4.69) is 26.4 Å². The molecule has 6 nitrogen and oxygen atoms in total. The molecule has 2 aromatic rings. The van der Waals surface area contributed by atoms with E-state index in [1.807, 2.05) is 39.2 Å². The summed E-state index contributed by atoms with van der Waals surface area (Å²) in [5, 5.41) is 3.65. The Balaban J connectivity index is 1.87. The average Bonchev–Trinajstić information content (AvgIpc) is 3.03. The second-order valence-corrected chi connectivity index (χ2v) is 6.10. The number of ether oxygens (including phenoxy) is 1. The monoisotopic (exact) mass is 298 g/mol. The summed E-state index contributed by atoms with van der Waals surface area (Å²) in [5.41, 5.74) is 2.91. The molecule has 2 N–H and O–H groups in total. The largest absolute Gasteiger partial charge is 0.444 e. The Kier molecular flexibility index (Phi) is 3.44. The molecular formula is C16H18N4O2. The highest BCUT2D eigenvalue weighted by Crippen LogP contribution is 2.26. The normalized spacial score (nSPS) is 14.2. The Morgan fingerprint density at radius 1 is 1.41 bits per heavy atom. The summed E-state index contributed by atoms with van der Waals surface area (Å²) < 4.78 is 5.25. The van der Waals surface area contributed by atoms with Crippen molar-refractivity contribution in [2.75, 3.05) is 11.9 Å². The quantitative estimate of drug-likeness (QED) is 0.892. The fourth-order valence-electron chi connectivity index (χ4n) is 2.27. The van der Waals surface area contributed by atoms with Crippen molar-refractivity contribution in [3.8, 4) is 0 Å². The van der Waals surface area contributed by atoms with Gasteiger partial charge in [-0.1, -0.05) is 6.08 Å². The standard InChI is InChI=1S/C16H18N4O2/c1-16(2,3)22-15(21)20-11-6-12-13(10-4-5-17-7-10)9-19-14(12)18-8-11/h4,6-9H,5H2,1-3H3,(H,18,19)(H,20,21). The zero-order valence-corrected chi connectivity index (χ0v) is 12.8. The van der Waals surface area contributed by atoms with E-state index in [1.54, 1.807) is 6.20 Å². The van der Waals surface area contributed by atoms with Gasteiger partial charge in [0.15, 0.2) is 0 Å². The zero-order chi connectivity index (χ0) is 15.7. The number of pyridine rings is 1. The van der Waals surface area contributed by atoms with Crippen LogP contribution >= 0.6 is 0 Å². The number of nitrogens with zero attached hydrogens (tertiary/aromatic N) is 2. The summed E-state index contributed by atoms with van der Waals surface area (Å²) in [6.07, 6.45) is 6.90. The predicted octanol–water partition coefficient (Wildman–Crippen LogP) is 3.38. The summed E-state index contributed by atoms with van der Waals surface area (Å²) >= 11 is 0.